The predicted molar refractivity (Wildman–Crippen MR) is 257 cm³/mol. The fourth-order valence-electron chi connectivity index (χ4n) is 10.7. The summed E-state index contributed by atoms with van der Waals surface area (Å²) in [6, 6.07) is 0. The van der Waals surface area contributed by atoms with E-state index in [-0.39, 0.29) is 0 Å². The SMILES string of the molecule is C#C.C1CCC1.OCC1O[C@@H]2O[C@@H]3C(CO)O[C@H](O[C@@H]4C(CO)O[C@@H](O[C@@H]5C(CO)O[C@@H](O[C@@H]6C(CO)O[C@@H](O[C@@H]7C(CO)O[C@H](O[C@@H]8C(CO)O[C@H](O[C@H]1[C@H](O)C2O)C(O)[C@H]8O)C(O)[C@H]7O)C(O)[C@@H]6O)C(O)[C@H]5O)C(O)[C@H]4O)C(O)[C@H]3O. The highest BCUT2D eigenvalue weighted by molar-refractivity contribution is 5.01. The maximum Gasteiger partial charge on any atom is 0.187 e. The summed E-state index contributed by atoms with van der Waals surface area (Å²) in [5.41, 5.74) is 0. The number of rotatable bonds is 7. The number of hydrogen-bond donors (Lipinski definition) is 21. The molecule has 14 unspecified atom stereocenters. The minimum absolute atomic E-state index is 1.05. The van der Waals surface area contributed by atoms with Crippen molar-refractivity contribution in [1.29, 1.82) is 0 Å². The largest absolute Gasteiger partial charge is 0.394 e. The molecule has 35 heteroatoms. The van der Waals surface area contributed by atoms with Gasteiger partial charge in [-0.15, -0.1) is 12.8 Å². The van der Waals surface area contributed by atoms with Gasteiger partial charge in [0.1, 0.15) is 171 Å². The van der Waals surface area contributed by atoms with Crippen molar-refractivity contribution in [3.05, 3.63) is 0 Å². The van der Waals surface area contributed by atoms with Crippen LogP contribution in [0.1, 0.15) is 25.7 Å². The van der Waals surface area contributed by atoms with Crippen LogP contribution in [0.25, 0.3) is 0 Å². The van der Waals surface area contributed by atoms with E-state index in [2.05, 4.69) is 12.8 Å². The summed E-state index contributed by atoms with van der Waals surface area (Å²) in [4.78, 5) is 0. The molecule has 35 atom stereocenters. The van der Waals surface area contributed by atoms with Crippen molar-refractivity contribution >= 4 is 0 Å². The monoisotopic (exact) mass is 1220 g/mol. The first-order valence-electron chi connectivity index (χ1n) is 27.0. The molecule has 21 N–H and O–H groups in total. The zero-order valence-electron chi connectivity index (χ0n) is 44.2. The second-order valence-electron chi connectivity index (χ2n) is 21.1. The maximum absolute atomic E-state index is 11.3. The summed E-state index contributed by atoms with van der Waals surface area (Å²) in [6.07, 6.45) is -56.2. The van der Waals surface area contributed by atoms with Crippen LogP contribution in [0.5, 0.6) is 0 Å². The molecule has 21 saturated heterocycles. The van der Waals surface area contributed by atoms with E-state index in [1.165, 1.54) is 25.7 Å². The lowest BCUT2D eigenvalue weighted by molar-refractivity contribution is -0.396. The van der Waals surface area contributed by atoms with Crippen molar-refractivity contribution in [3.8, 4) is 12.8 Å². The Bertz CT molecular complexity index is 1580. The van der Waals surface area contributed by atoms with Gasteiger partial charge in [0.15, 0.2) is 44.0 Å². The normalized spacial score (nSPS) is 52.5. The molecule has 21 heterocycles. The number of hydrogen-bond acceptors (Lipinski definition) is 35. The van der Waals surface area contributed by atoms with Crippen molar-refractivity contribution in [1.82, 2.24) is 0 Å². The highest BCUT2D eigenvalue weighted by atomic mass is 16.8. The Morgan fingerprint density at radius 1 is 0.193 bits per heavy atom. The van der Waals surface area contributed by atoms with Crippen molar-refractivity contribution in [2.24, 2.45) is 0 Å². The van der Waals surface area contributed by atoms with Gasteiger partial charge in [-0.05, 0) is 0 Å². The van der Waals surface area contributed by atoms with Crippen LogP contribution in [0.15, 0.2) is 0 Å². The molecule has 22 rings (SSSR count). The highest BCUT2D eigenvalue weighted by Crippen LogP contribution is 2.39. The summed E-state index contributed by atoms with van der Waals surface area (Å²) in [6.45, 7) is -7.33. The van der Waals surface area contributed by atoms with Gasteiger partial charge in [-0.25, -0.2) is 0 Å². The molecule has 22 fully saturated rings. The van der Waals surface area contributed by atoms with Crippen LogP contribution in [0.3, 0.4) is 0 Å². The van der Waals surface area contributed by atoms with E-state index >= 15 is 0 Å². The molecule has 35 nitrogen and oxygen atoms in total. The minimum Gasteiger partial charge on any atom is -0.394 e. The van der Waals surface area contributed by atoms with Gasteiger partial charge >= 0.3 is 0 Å². The first kappa shape index (κ1) is 68.6. The summed E-state index contributed by atoms with van der Waals surface area (Å²) in [5, 5.41) is 230. The van der Waals surface area contributed by atoms with Crippen LogP contribution >= 0.6 is 0 Å². The van der Waals surface area contributed by atoms with E-state index in [0.29, 0.717) is 0 Å². The van der Waals surface area contributed by atoms with Crippen LogP contribution < -0.4 is 0 Å². The molecule has 0 radical (unpaired) electrons. The highest BCUT2D eigenvalue weighted by Gasteiger charge is 2.59. The summed E-state index contributed by atoms with van der Waals surface area (Å²) in [5.74, 6) is 0. The minimum atomic E-state index is -2.21. The molecule has 0 spiro atoms. The molecule has 0 amide bonds. The van der Waals surface area contributed by atoms with E-state index in [0.717, 1.165) is 0 Å². The number of terminal acetylenes is 1. The summed E-state index contributed by atoms with van der Waals surface area (Å²) in [7, 11) is 0. The number of aliphatic hydroxyl groups excluding tert-OH is 21. The van der Waals surface area contributed by atoms with Gasteiger partial charge in [0.25, 0.3) is 0 Å². The Kier molecular flexibility index (Phi) is 25.3. The first-order chi connectivity index (χ1) is 39.7. The third-order valence-corrected chi connectivity index (χ3v) is 15.8. The Morgan fingerprint density at radius 2 is 0.301 bits per heavy atom. The molecule has 21 aliphatic heterocycles. The molecular formula is C48H80O35. The second-order valence-corrected chi connectivity index (χ2v) is 21.1. The molecule has 1 saturated carbocycles. The molecule has 482 valence electrons. The van der Waals surface area contributed by atoms with Crippen LogP contribution in [0.4, 0.5) is 0 Å². The van der Waals surface area contributed by atoms with Gasteiger partial charge < -0.3 is 174 Å². The van der Waals surface area contributed by atoms with Crippen molar-refractivity contribution in [2.75, 3.05) is 46.2 Å². The molecule has 0 aromatic rings. The van der Waals surface area contributed by atoms with Gasteiger partial charge in [-0.1, -0.05) is 25.7 Å². The molecule has 14 bridgehead atoms. The van der Waals surface area contributed by atoms with Gasteiger partial charge in [-0.3, -0.25) is 0 Å². The van der Waals surface area contributed by atoms with Gasteiger partial charge in [0.05, 0.1) is 46.2 Å². The van der Waals surface area contributed by atoms with Gasteiger partial charge in [0.2, 0.25) is 0 Å². The van der Waals surface area contributed by atoms with Crippen LogP contribution in [-0.2, 0) is 66.3 Å². The lowest BCUT2D eigenvalue weighted by Gasteiger charge is -2.50. The summed E-state index contributed by atoms with van der Waals surface area (Å²) < 4.78 is 79.5. The molecule has 22 aliphatic rings. The standard InChI is InChI=1S/C42H70O35.C4H8.C2H2/c43-1-8-29-15(50)22(57)36(64-8)72-30-9(2-44)66-38(24(59)17(30)52)74-32-11(4-46)68-40(26(61)19(32)54)76-34-13(6-48)70-42(28(63)21(34)56)77-35-14(7-49)69-41(27(62)20(35)55)75-33-12(5-47)67-39(25(60)18(33)53)73-31-10(3-45)65-37(71-29)23(58)16(31)51;1-2-4-3-1;1-2/h8-63H,1-7H2;1-4H2;1-2H/t8?,9?,10?,11?,12?,13?,14?,15-,16-,17-,18-,19-,20-,21+,22?,23?,24?,25?,26?,27?,28?,29-,30-,31-,32-,33-,34-,35-,36-,37-,38+,39-,40+,41-,42+;;/m1../s1. The van der Waals surface area contributed by atoms with E-state index in [1.54, 1.807) is 0 Å². The van der Waals surface area contributed by atoms with E-state index in [1.807, 2.05) is 0 Å². The predicted octanol–water partition coefficient (Wildman–Crippen LogP) is -13.4. The number of ether oxygens (including phenoxy) is 14. The molecule has 83 heavy (non-hydrogen) atoms. The zero-order chi connectivity index (χ0) is 60.9. The molecule has 0 aromatic carbocycles. The Labute approximate surface area is 472 Å². The fraction of sp³-hybridized carbons (Fsp3) is 0.958. The van der Waals surface area contributed by atoms with E-state index in [4.69, 9.17) is 66.3 Å². The lowest BCUT2D eigenvalue weighted by Crippen LogP contribution is -2.68. The van der Waals surface area contributed by atoms with Crippen molar-refractivity contribution in [2.45, 2.75) is 241 Å². The molecule has 0 aromatic heterocycles. The van der Waals surface area contributed by atoms with Gasteiger partial charge in [0, 0.05) is 0 Å². The smallest absolute Gasteiger partial charge is 0.187 e. The van der Waals surface area contributed by atoms with Gasteiger partial charge in [-0.2, -0.15) is 0 Å². The zero-order valence-corrected chi connectivity index (χ0v) is 44.2. The summed E-state index contributed by atoms with van der Waals surface area (Å²) >= 11 is 0. The fourth-order valence-corrected chi connectivity index (χ4v) is 10.7. The van der Waals surface area contributed by atoms with Crippen molar-refractivity contribution < 1.29 is 174 Å². The molecule has 1 aliphatic carbocycles. The second kappa shape index (κ2) is 30.6. The Morgan fingerprint density at radius 3 is 0.386 bits per heavy atom. The first-order valence-corrected chi connectivity index (χ1v) is 27.0. The van der Waals surface area contributed by atoms with Crippen LogP contribution in [0, 0.1) is 12.8 Å². The molecular weight excluding hydrogens is 1140 g/mol. The third kappa shape index (κ3) is 14.4. The van der Waals surface area contributed by atoms with Crippen LogP contribution in [-0.4, -0.2) is 368 Å². The lowest BCUT2D eigenvalue weighted by atomic mass is 9.95. The Hall–Kier alpha value is -1.84. The average molecular weight is 1220 g/mol. The van der Waals surface area contributed by atoms with Crippen LogP contribution in [0.2, 0.25) is 0 Å². The van der Waals surface area contributed by atoms with Crippen molar-refractivity contribution in [3.63, 3.8) is 0 Å². The maximum atomic E-state index is 11.3. The van der Waals surface area contributed by atoms with E-state index < -0.39 is 261 Å². The quantitative estimate of drug-likeness (QED) is 0.105. The average Bonchev–Trinajstić information content (AvgIpc) is 3.50. The Balaban J connectivity index is 0.00000156. The third-order valence-electron chi connectivity index (χ3n) is 15.8. The van der Waals surface area contributed by atoms with E-state index in [9.17, 15) is 107 Å². The topological polar surface area (TPSA) is 554 Å². The number of aliphatic hydroxyl groups is 21.